The average Bonchev–Trinajstić information content (AvgIpc) is 2.88. The summed E-state index contributed by atoms with van der Waals surface area (Å²) in [6.45, 7) is 0. The van der Waals surface area contributed by atoms with Gasteiger partial charge in [0.05, 0.1) is 4.88 Å². The van der Waals surface area contributed by atoms with Gasteiger partial charge in [0, 0.05) is 11.6 Å². The number of hydrogen-bond acceptors (Lipinski definition) is 3. The summed E-state index contributed by atoms with van der Waals surface area (Å²) in [7, 11) is 0. The molecule has 0 aromatic carbocycles. The zero-order chi connectivity index (χ0) is 11.0. The van der Waals surface area contributed by atoms with E-state index in [0.29, 0.717) is 16.7 Å². The lowest BCUT2D eigenvalue weighted by molar-refractivity contribution is 0.0958. The molecule has 1 N–H and O–H groups in total. The Balaban J connectivity index is 1.61. The van der Waals surface area contributed by atoms with Crippen LogP contribution in [0.1, 0.15) is 22.5 Å². The van der Waals surface area contributed by atoms with Gasteiger partial charge in [-0.15, -0.1) is 11.3 Å². The minimum atomic E-state index is -0.100. The van der Waals surface area contributed by atoms with E-state index in [2.05, 4.69) is 22.7 Å². The summed E-state index contributed by atoms with van der Waals surface area (Å²) in [5.74, 6) is 1.14. The van der Waals surface area contributed by atoms with Gasteiger partial charge in [-0.05, 0) is 30.2 Å². The number of rotatable bonds is 2. The average molecular weight is 232 g/mol. The van der Waals surface area contributed by atoms with Crippen molar-refractivity contribution < 1.29 is 4.79 Å². The molecule has 1 aromatic heterocycles. The Bertz CT molecular complexity index is 461. The zero-order valence-corrected chi connectivity index (χ0v) is 9.54. The van der Waals surface area contributed by atoms with E-state index in [9.17, 15) is 4.79 Å². The summed E-state index contributed by atoms with van der Waals surface area (Å²) in [6, 6.07) is 3.67. The second-order valence-electron chi connectivity index (χ2n) is 4.16. The van der Waals surface area contributed by atoms with Crippen LogP contribution in [0.3, 0.4) is 0 Å². The lowest BCUT2D eigenvalue weighted by atomic mass is 9.74. The molecule has 3 nitrogen and oxygen atoms in total. The van der Waals surface area contributed by atoms with Crippen molar-refractivity contribution in [3.63, 3.8) is 0 Å². The summed E-state index contributed by atoms with van der Waals surface area (Å²) >= 11 is 1.43. The molecule has 0 aliphatic heterocycles. The standard InChI is InChI=1S/C12H12N2OS/c15-12(11-5-2-6-16-11)14-13-10-7-8-3-1-4-9(8)10/h1-3,5-6,8-9H,4,7H2,(H,14,15). The molecule has 4 heteroatoms. The molecule has 2 atom stereocenters. The van der Waals surface area contributed by atoms with E-state index in [1.165, 1.54) is 11.3 Å². The number of nitrogens with one attached hydrogen (secondary N) is 1. The number of carbonyl (C=O) groups is 1. The molecule has 82 valence electrons. The molecule has 1 aromatic rings. The zero-order valence-electron chi connectivity index (χ0n) is 8.72. The molecule has 0 saturated heterocycles. The van der Waals surface area contributed by atoms with Gasteiger partial charge in [0.1, 0.15) is 0 Å². The van der Waals surface area contributed by atoms with Crippen molar-refractivity contribution in [1.82, 2.24) is 5.43 Å². The van der Waals surface area contributed by atoms with Crippen molar-refractivity contribution in [3.05, 3.63) is 34.5 Å². The molecular formula is C12H12N2OS. The molecule has 2 unspecified atom stereocenters. The molecular weight excluding hydrogens is 220 g/mol. The second kappa shape index (κ2) is 3.87. The number of hydrazone groups is 1. The van der Waals surface area contributed by atoms with Crippen LogP contribution in [0.4, 0.5) is 0 Å². The normalized spacial score (nSPS) is 28.9. The van der Waals surface area contributed by atoms with Crippen molar-refractivity contribution in [2.24, 2.45) is 16.9 Å². The first kappa shape index (κ1) is 9.78. The van der Waals surface area contributed by atoms with Crippen LogP contribution in [-0.2, 0) is 0 Å². The lowest BCUT2D eigenvalue weighted by Crippen LogP contribution is -2.35. The fourth-order valence-electron chi connectivity index (χ4n) is 2.25. The molecule has 0 spiro atoms. The number of allylic oxidation sites excluding steroid dienone is 2. The molecule has 16 heavy (non-hydrogen) atoms. The number of amides is 1. The van der Waals surface area contributed by atoms with Crippen molar-refractivity contribution in [1.29, 1.82) is 0 Å². The summed E-state index contributed by atoms with van der Waals surface area (Å²) in [5, 5.41) is 6.10. The number of carbonyl (C=O) groups excluding carboxylic acids is 1. The van der Waals surface area contributed by atoms with Crippen molar-refractivity contribution >= 4 is 23.0 Å². The van der Waals surface area contributed by atoms with Gasteiger partial charge in [0.15, 0.2) is 0 Å². The minimum Gasteiger partial charge on any atom is -0.266 e. The summed E-state index contributed by atoms with van der Waals surface area (Å²) in [4.78, 5) is 12.3. The third kappa shape index (κ3) is 1.59. The predicted octanol–water partition coefficient (Wildman–Crippen LogP) is 2.43. The van der Waals surface area contributed by atoms with Crippen LogP contribution in [0, 0.1) is 11.8 Å². The quantitative estimate of drug-likeness (QED) is 0.617. The van der Waals surface area contributed by atoms with Crippen LogP contribution >= 0.6 is 11.3 Å². The van der Waals surface area contributed by atoms with Gasteiger partial charge in [0.2, 0.25) is 0 Å². The van der Waals surface area contributed by atoms with Gasteiger partial charge in [-0.25, -0.2) is 5.43 Å². The van der Waals surface area contributed by atoms with Gasteiger partial charge in [-0.3, -0.25) is 4.79 Å². The molecule has 2 aliphatic carbocycles. The van der Waals surface area contributed by atoms with Crippen LogP contribution in [0.15, 0.2) is 34.8 Å². The lowest BCUT2D eigenvalue weighted by Gasteiger charge is -2.31. The molecule has 1 fully saturated rings. The Kier molecular flexibility index (Phi) is 2.36. The molecule has 1 saturated carbocycles. The first-order valence-electron chi connectivity index (χ1n) is 5.41. The van der Waals surface area contributed by atoms with Gasteiger partial charge in [-0.1, -0.05) is 18.2 Å². The summed E-state index contributed by atoms with van der Waals surface area (Å²) < 4.78 is 0. The van der Waals surface area contributed by atoms with E-state index >= 15 is 0 Å². The first-order chi connectivity index (χ1) is 7.84. The number of fused-ring (bicyclic) bond motifs is 1. The fourth-order valence-corrected chi connectivity index (χ4v) is 2.86. The molecule has 1 heterocycles. The van der Waals surface area contributed by atoms with Gasteiger partial charge < -0.3 is 0 Å². The maximum absolute atomic E-state index is 11.6. The molecule has 1 amide bonds. The van der Waals surface area contributed by atoms with E-state index < -0.39 is 0 Å². The molecule has 3 rings (SSSR count). The monoisotopic (exact) mass is 232 g/mol. The van der Waals surface area contributed by atoms with Crippen molar-refractivity contribution in [2.45, 2.75) is 12.8 Å². The smallest absolute Gasteiger partial charge is 0.266 e. The molecule has 0 bridgehead atoms. The third-order valence-corrected chi connectivity index (χ3v) is 4.08. The van der Waals surface area contributed by atoms with E-state index in [-0.39, 0.29) is 5.91 Å². The van der Waals surface area contributed by atoms with Crippen molar-refractivity contribution in [2.75, 3.05) is 0 Å². The van der Waals surface area contributed by atoms with Gasteiger partial charge >= 0.3 is 0 Å². The first-order valence-corrected chi connectivity index (χ1v) is 6.29. The minimum absolute atomic E-state index is 0.100. The van der Waals surface area contributed by atoms with E-state index in [1.807, 2.05) is 11.4 Å². The highest BCUT2D eigenvalue weighted by molar-refractivity contribution is 7.12. The third-order valence-electron chi connectivity index (χ3n) is 3.21. The SMILES string of the molecule is O=C(NN=C1CC2C=CCC12)c1cccs1. The molecule has 2 aliphatic rings. The van der Waals surface area contributed by atoms with E-state index in [4.69, 9.17) is 0 Å². The Labute approximate surface area is 97.9 Å². The van der Waals surface area contributed by atoms with E-state index in [0.717, 1.165) is 18.6 Å². The molecule has 0 radical (unpaired) electrons. The number of hydrogen-bond donors (Lipinski definition) is 1. The maximum atomic E-state index is 11.6. The summed E-state index contributed by atoms with van der Waals surface area (Å²) in [5.41, 5.74) is 3.77. The number of nitrogens with zero attached hydrogens (tertiary/aromatic N) is 1. The van der Waals surface area contributed by atoms with Gasteiger partial charge in [-0.2, -0.15) is 5.10 Å². The highest BCUT2D eigenvalue weighted by atomic mass is 32.1. The Morgan fingerprint density at radius 2 is 2.50 bits per heavy atom. The van der Waals surface area contributed by atoms with Crippen LogP contribution in [0.2, 0.25) is 0 Å². The summed E-state index contributed by atoms with van der Waals surface area (Å²) in [6.07, 6.45) is 6.55. The van der Waals surface area contributed by atoms with Crippen LogP contribution < -0.4 is 5.43 Å². The Morgan fingerprint density at radius 3 is 3.25 bits per heavy atom. The van der Waals surface area contributed by atoms with Crippen LogP contribution in [0.25, 0.3) is 0 Å². The second-order valence-corrected chi connectivity index (χ2v) is 5.11. The van der Waals surface area contributed by atoms with E-state index in [1.54, 1.807) is 6.07 Å². The largest absolute Gasteiger partial charge is 0.281 e. The fraction of sp³-hybridized carbons (Fsp3) is 0.333. The Hall–Kier alpha value is -1.42. The predicted molar refractivity (Wildman–Crippen MR) is 64.6 cm³/mol. The number of thiophene rings is 1. The maximum Gasteiger partial charge on any atom is 0.281 e. The van der Waals surface area contributed by atoms with Gasteiger partial charge in [0.25, 0.3) is 5.91 Å². The topological polar surface area (TPSA) is 41.5 Å². The Morgan fingerprint density at radius 1 is 1.56 bits per heavy atom. The van der Waals surface area contributed by atoms with Crippen LogP contribution in [-0.4, -0.2) is 11.6 Å². The van der Waals surface area contributed by atoms with Crippen molar-refractivity contribution in [3.8, 4) is 0 Å². The highest BCUT2D eigenvalue weighted by Gasteiger charge is 2.37. The highest BCUT2D eigenvalue weighted by Crippen LogP contribution is 2.40. The van der Waals surface area contributed by atoms with Crippen LogP contribution in [0.5, 0.6) is 0 Å².